The Labute approximate surface area is 248 Å². The second-order valence-corrected chi connectivity index (χ2v) is 11.1. The quantitative estimate of drug-likeness (QED) is 0.382. The zero-order valence-corrected chi connectivity index (χ0v) is 24.0. The summed E-state index contributed by atoms with van der Waals surface area (Å²) in [4.78, 5) is 25.0. The first-order valence-corrected chi connectivity index (χ1v) is 14.6. The lowest BCUT2D eigenvalue weighted by Gasteiger charge is -2.41. The van der Waals surface area contributed by atoms with Gasteiger partial charge in [0.15, 0.2) is 0 Å². The molecule has 4 heterocycles. The number of alkyl halides is 3. The Hall–Kier alpha value is -3.90. The lowest BCUT2D eigenvalue weighted by molar-refractivity contribution is -0.138. The summed E-state index contributed by atoms with van der Waals surface area (Å²) in [6, 6.07) is 11.8. The van der Waals surface area contributed by atoms with Crippen molar-refractivity contribution in [2.24, 2.45) is 0 Å². The smallest absolute Gasteiger partial charge is 0.419 e. The number of benzene rings is 2. The number of hydrogen-bond donors (Lipinski definition) is 2. The molecule has 3 aliphatic rings. The molecule has 2 saturated heterocycles. The van der Waals surface area contributed by atoms with Crippen molar-refractivity contribution in [3.8, 4) is 5.75 Å². The number of methoxy groups -OCH3 is 1. The maximum atomic E-state index is 13.9. The summed E-state index contributed by atoms with van der Waals surface area (Å²) >= 11 is 0. The number of halogens is 3. The average molecular weight is 597 g/mol. The van der Waals surface area contributed by atoms with Crippen molar-refractivity contribution in [1.29, 1.82) is 0 Å². The molecule has 228 valence electrons. The van der Waals surface area contributed by atoms with Crippen molar-refractivity contribution in [2.75, 3.05) is 62.0 Å². The van der Waals surface area contributed by atoms with Crippen LogP contribution in [0.1, 0.15) is 35.2 Å². The van der Waals surface area contributed by atoms with Crippen molar-refractivity contribution in [3.63, 3.8) is 0 Å². The topological polar surface area (TPSA) is 91.9 Å². The number of nitrogens with one attached hydrogen (secondary N) is 2. The summed E-state index contributed by atoms with van der Waals surface area (Å²) in [7, 11) is 1.56. The van der Waals surface area contributed by atoms with E-state index in [1.54, 1.807) is 19.2 Å². The lowest BCUT2D eigenvalue weighted by atomic mass is 9.98. The minimum atomic E-state index is -4.60. The Morgan fingerprint density at radius 1 is 1.09 bits per heavy atom. The van der Waals surface area contributed by atoms with Crippen molar-refractivity contribution in [2.45, 2.75) is 44.3 Å². The van der Waals surface area contributed by atoms with E-state index in [4.69, 9.17) is 9.47 Å². The molecule has 0 aliphatic carbocycles. The SMILES string of the molecule is COc1cc(N2CCN(C3CCOCC3)CC2)ccc1Nc1ncc(C(F)(F)F)c(CCc2cccc3c2CC(=O)N3)n1. The summed E-state index contributed by atoms with van der Waals surface area (Å²) in [5, 5.41) is 5.84. The molecular formula is C31H35F3N6O3. The van der Waals surface area contributed by atoms with Crippen LogP contribution in [-0.2, 0) is 35.0 Å². The Morgan fingerprint density at radius 3 is 2.63 bits per heavy atom. The Balaban J connectivity index is 1.16. The highest BCUT2D eigenvalue weighted by atomic mass is 19.4. The molecular weight excluding hydrogens is 561 g/mol. The van der Waals surface area contributed by atoms with Crippen LogP contribution in [0.15, 0.2) is 42.6 Å². The fourth-order valence-electron chi connectivity index (χ4n) is 6.20. The van der Waals surface area contributed by atoms with E-state index < -0.39 is 11.7 Å². The number of fused-ring (bicyclic) bond motifs is 1. The van der Waals surface area contributed by atoms with Crippen LogP contribution in [-0.4, -0.2) is 73.3 Å². The van der Waals surface area contributed by atoms with Crippen LogP contribution in [0.5, 0.6) is 5.75 Å². The van der Waals surface area contributed by atoms with Gasteiger partial charge in [-0.25, -0.2) is 9.97 Å². The van der Waals surface area contributed by atoms with Gasteiger partial charge in [-0.05, 0) is 55.0 Å². The summed E-state index contributed by atoms with van der Waals surface area (Å²) in [6.45, 7) is 5.41. The second-order valence-electron chi connectivity index (χ2n) is 11.1. The number of rotatable bonds is 8. The highest BCUT2D eigenvalue weighted by Gasteiger charge is 2.35. The van der Waals surface area contributed by atoms with E-state index in [1.165, 1.54) is 0 Å². The molecule has 1 aromatic heterocycles. The number of carbonyl (C=O) groups is 1. The first kappa shape index (κ1) is 29.2. The average Bonchev–Trinajstić information content (AvgIpc) is 3.41. The molecule has 0 radical (unpaired) electrons. The fraction of sp³-hybridized carbons (Fsp3) is 0.452. The summed E-state index contributed by atoms with van der Waals surface area (Å²) in [5.41, 5.74) is 2.95. The molecule has 2 N–H and O–H groups in total. The Bertz CT molecular complexity index is 1470. The third-order valence-corrected chi connectivity index (χ3v) is 8.51. The van der Waals surface area contributed by atoms with Crippen LogP contribution >= 0.6 is 0 Å². The van der Waals surface area contributed by atoms with Gasteiger partial charge in [0.25, 0.3) is 0 Å². The predicted octanol–water partition coefficient (Wildman–Crippen LogP) is 4.83. The lowest BCUT2D eigenvalue weighted by Crippen LogP contribution is -2.51. The normalized spacial score (nSPS) is 18.0. The van der Waals surface area contributed by atoms with Crippen LogP contribution in [0.4, 0.5) is 36.2 Å². The fourth-order valence-corrected chi connectivity index (χ4v) is 6.20. The van der Waals surface area contributed by atoms with Gasteiger partial charge in [0.2, 0.25) is 11.9 Å². The van der Waals surface area contributed by atoms with Crippen molar-refractivity contribution < 1.29 is 27.4 Å². The van der Waals surface area contributed by atoms with Gasteiger partial charge in [0.1, 0.15) is 5.75 Å². The van der Waals surface area contributed by atoms with Gasteiger partial charge in [-0.15, -0.1) is 0 Å². The van der Waals surface area contributed by atoms with Crippen LogP contribution in [0.25, 0.3) is 0 Å². The monoisotopic (exact) mass is 596 g/mol. The number of carbonyl (C=O) groups excluding carboxylic acids is 1. The molecule has 3 aliphatic heterocycles. The largest absolute Gasteiger partial charge is 0.494 e. The van der Waals surface area contributed by atoms with E-state index in [0.717, 1.165) is 75.2 Å². The third-order valence-electron chi connectivity index (χ3n) is 8.51. The predicted molar refractivity (Wildman–Crippen MR) is 157 cm³/mol. The van der Waals surface area contributed by atoms with E-state index in [1.807, 2.05) is 24.3 Å². The number of hydrogen-bond acceptors (Lipinski definition) is 8. The van der Waals surface area contributed by atoms with Crippen LogP contribution in [0.2, 0.25) is 0 Å². The van der Waals surface area contributed by atoms with E-state index >= 15 is 0 Å². The van der Waals surface area contributed by atoms with Gasteiger partial charge < -0.3 is 25.0 Å². The minimum absolute atomic E-state index is 0.0343. The van der Waals surface area contributed by atoms with Crippen molar-refractivity contribution in [1.82, 2.24) is 14.9 Å². The maximum Gasteiger partial charge on any atom is 0.419 e. The van der Waals surface area contributed by atoms with Crippen molar-refractivity contribution >= 4 is 28.9 Å². The molecule has 2 fully saturated rings. The zero-order chi connectivity index (χ0) is 30.0. The minimum Gasteiger partial charge on any atom is -0.494 e. The Morgan fingerprint density at radius 2 is 1.88 bits per heavy atom. The third kappa shape index (κ3) is 6.54. The molecule has 2 aromatic carbocycles. The molecule has 0 saturated carbocycles. The molecule has 6 rings (SSSR count). The van der Waals surface area contributed by atoms with Gasteiger partial charge in [-0.2, -0.15) is 13.2 Å². The van der Waals surface area contributed by atoms with Crippen LogP contribution < -0.4 is 20.3 Å². The van der Waals surface area contributed by atoms with Gasteiger partial charge >= 0.3 is 6.18 Å². The number of amides is 1. The molecule has 0 unspecified atom stereocenters. The van der Waals surface area contributed by atoms with Crippen LogP contribution in [0.3, 0.4) is 0 Å². The van der Waals surface area contributed by atoms with E-state index in [9.17, 15) is 18.0 Å². The molecule has 0 spiro atoms. The highest BCUT2D eigenvalue weighted by Crippen LogP contribution is 2.35. The summed E-state index contributed by atoms with van der Waals surface area (Å²) in [6.07, 6.45) is -1.06. The summed E-state index contributed by atoms with van der Waals surface area (Å²) in [5.74, 6) is 0.477. The second kappa shape index (κ2) is 12.4. The van der Waals surface area contributed by atoms with Crippen LogP contribution in [0, 0.1) is 0 Å². The molecule has 12 heteroatoms. The number of ether oxygens (including phenoxy) is 2. The van der Waals surface area contributed by atoms with E-state index in [2.05, 4.69) is 30.4 Å². The molecule has 0 atom stereocenters. The number of piperazine rings is 1. The highest BCUT2D eigenvalue weighted by molar-refractivity contribution is 5.99. The van der Waals surface area contributed by atoms with E-state index in [0.29, 0.717) is 29.6 Å². The Kier molecular flexibility index (Phi) is 8.40. The molecule has 3 aromatic rings. The molecule has 0 bridgehead atoms. The van der Waals surface area contributed by atoms with Crippen molar-refractivity contribution in [3.05, 3.63) is 65.0 Å². The molecule has 9 nitrogen and oxygen atoms in total. The van der Waals surface area contributed by atoms with E-state index in [-0.39, 0.29) is 30.4 Å². The first-order valence-electron chi connectivity index (χ1n) is 14.6. The number of aryl methyl sites for hydroxylation is 2. The van der Waals surface area contributed by atoms with Gasteiger partial charge in [-0.3, -0.25) is 9.69 Å². The van der Waals surface area contributed by atoms with Gasteiger partial charge in [0, 0.05) is 69.1 Å². The molecule has 43 heavy (non-hydrogen) atoms. The molecule has 1 amide bonds. The number of anilines is 4. The van der Waals surface area contributed by atoms with Gasteiger partial charge in [-0.1, -0.05) is 12.1 Å². The standard InChI is InChI=1S/C31H35F3N6O3/c1-42-28-17-22(40-13-11-39(12-14-40)21-9-15-43-16-10-21)6-8-27(28)38-30-35-19-24(31(32,33)34)26(37-30)7-5-20-3-2-4-25-23(20)18-29(41)36-25/h2-4,6,8,17,19,21H,5,7,9-16,18H2,1H3,(H,36,41)(H,35,37,38). The maximum absolute atomic E-state index is 13.9. The number of aromatic nitrogens is 2. The summed E-state index contributed by atoms with van der Waals surface area (Å²) < 4.78 is 52.8. The number of nitrogens with zero attached hydrogens (tertiary/aromatic N) is 4. The van der Waals surface area contributed by atoms with Gasteiger partial charge in [0.05, 0.1) is 30.5 Å². The zero-order valence-electron chi connectivity index (χ0n) is 24.0. The first-order chi connectivity index (χ1) is 20.8.